The van der Waals surface area contributed by atoms with Gasteiger partial charge >= 0.3 is 6.18 Å². The number of benzene rings is 2. The lowest BCUT2D eigenvalue weighted by Crippen LogP contribution is -2.40. The maximum absolute atomic E-state index is 13.2. The van der Waals surface area contributed by atoms with Crippen molar-refractivity contribution in [2.45, 2.75) is 12.3 Å². The molecule has 2 heterocycles. The van der Waals surface area contributed by atoms with Gasteiger partial charge in [0.1, 0.15) is 11.5 Å². The van der Waals surface area contributed by atoms with Crippen LogP contribution in [-0.4, -0.2) is 39.8 Å². The first-order chi connectivity index (χ1) is 15.2. The van der Waals surface area contributed by atoms with E-state index in [-0.39, 0.29) is 11.4 Å². The van der Waals surface area contributed by atoms with E-state index >= 15 is 0 Å². The first-order valence-electron chi connectivity index (χ1n) is 9.59. The molecule has 1 amide bonds. The van der Waals surface area contributed by atoms with Crippen LogP contribution in [0.25, 0.3) is 33.4 Å². The van der Waals surface area contributed by atoms with Crippen LogP contribution in [0.5, 0.6) is 0 Å². The molecule has 32 heavy (non-hydrogen) atoms. The normalized spacial score (nSPS) is 12.7. The van der Waals surface area contributed by atoms with Gasteiger partial charge in [0.25, 0.3) is 5.91 Å². The van der Waals surface area contributed by atoms with Gasteiger partial charge in [-0.1, -0.05) is 12.1 Å². The molecule has 0 saturated heterocycles. The van der Waals surface area contributed by atoms with Crippen molar-refractivity contribution >= 4 is 16.9 Å². The largest absolute Gasteiger partial charge is 0.416 e. The molecule has 2 aromatic carbocycles. The van der Waals surface area contributed by atoms with E-state index in [2.05, 4.69) is 15.3 Å². The second-order valence-corrected chi connectivity index (χ2v) is 7.20. The zero-order chi connectivity index (χ0) is 22.9. The van der Waals surface area contributed by atoms with Gasteiger partial charge in [0.2, 0.25) is 0 Å². The highest BCUT2D eigenvalue weighted by Crippen LogP contribution is 2.28. The summed E-state index contributed by atoms with van der Waals surface area (Å²) in [4.78, 5) is 19.8. The van der Waals surface area contributed by atoms with Crippen LogP contribution in [0, 0.1) is 5.82 Å². The maximum atomic E-state index is 13.2. The molecule has 0 bridgehead atoms. The standard InChI is InChI=1S/C23H17F4N3O2/c24-18-6-4-13(5-7-18)19-10-16-9-17(11-28-21(16)30-19)14-2-1-3-15(8-14)22(32)29-12-20(31)23(25,26)27/h1-11,20,31H,12H2,(H,28,30)(H,29,32). The monoisotopic (exact) mass is 443 g/mol. The summed E-state index contributed by atoms with van der Waals surface area (Å²) < 4.78 is 50.4. The Bertz CT molecular complexity index is 1270. The number of rotatable bonds is 5. The summed E-state index contributed by atoms with van der Waals surface area (Å²) in [7, 11) is 0. The number of pyridine rings is 1. The molecule has 4 aromatic rings. The third-order valence-corrected chi connectivity index (χ3v) is 4.92. The molecule has 0 radical (unpaired) electrons. The number of carbonyl (C=O) groups excluding carboxylic acids is 1. The summed E-state index contributed by atoms with van der Waals surface area (Å²) in [6.07, 6.45) is -5.83. The van der Waals surface area contributed by atoms with Crippen molar-refractivity contribution in [3.05, 3.63) is 78.2 Å². The first kappa shape index (κ1) is 21.5. The first-order valence-corrected chi connectivity index (χ1v) is 9.59. The van der Waals surface area contributed by atoms with Crippen LogP contribution in [0.4, 0.5) is 17.6 Å². The average Bonchev–Trinajstić information content (AvgIpc) is 3.20. The average molecular weight is 443 g/mol. The SMILES string of the molecule is O=C(NCC(O)C(F)(F)F)c1cccc(-c2cnc3[nH]c(-c4ccc(F)cc4)cc3c2)c1. The van der Waals surface area contributed by atoms with E-state index in [0.29, 0.717) is 16.8 Å². The predicted molar refractivity (Wildman–Crippen MR) is 111 cm³/mol. The van der Waals surface area contributed by atoms with Crippen molar-refractivity contribution in [2.24, 2.45) is 0 Å². The Morgan fingerprint density at radius 3 is 2.50 bits per heavy atom. The molecule has 0 aliphatic heterocycles. The molecule has 3 N–H and O–H groups in total. The van der Waals surface area contributed by atoms with Crippen LogP contribution >= 0.6 is 0 Å². The van der Waals surface area contributed by atoms with Crippen LogP contribution in [0.15, 0.2) is 66.9 Å². The lowest BCUT2D eigenvalue weighted by Gasteiger charge is -2.15. The fourth-order valence-corrected chi connectivity index (χ4v) is 3.21. The summed E-state index contributed by atoms with van der Waals surface area (Å²) >= 11 is 0. The number of aromatic nitrogens is 2. The number of alkyl halides is 3. The molecule has 4 rings (SSSR count). The van der Waals surface area contributed by atoms with Crippen LogP contribution < -0.4 is 5.32 Å². The predicted octanol–water partition coefficient (Wildman–Crippen LogP) is 4.69. The Balaban J connectivity index is 1.56. The number of fused-ring (bicyclic) bond motifs is 1. The summed E-state index contributed by atoms with van der Waals surface area (Å²) in [5, 5.41) is 11.9. The van der Waals surface area contributed by atoms with Gasteiger partial charge in [0.15, 0.2) is 6.10 Å². The molecule has 0 spiro atoms. The summed E-state index contributed by atoms with van der Waals surface area (Å²) in [6, 6.07) is 16.1. The molecule has 0 saturated carbocycles. The molecule has 0 aliphatic rings. The molecule has 164 valence electrons. The fraction of sp³-hybridized carbons (Fsp3) is 0.130. The van der Waals surface area contributed by atoms with Crippen molar-refractivity contribution < 1.29 is 27.5 Å². The Labute approximate surface area is 179 Å². The number of nitrogens with zero attached hydrogens (tertiary/aromatic N) is 1. The zero-order valence-electron chi connectivity index (χ0n) is 16.4. The second kappa shape index (κ2) is 8.43. The topological polar surface area (TPSA) is 78.0 Å². The number of nitrogens with one attached hydrogen (secondary N) is 2. The maximum Gasteiger partial charge on any atom is 0.416 e. The molecule has 9 heteroatoms. The fourth-order valence-electron chi connectivity index (χ4n) is 3.21. The number of hydrogen-bond acceptors (Lipinski definition) is 3. The molecule has 0 aliphatic carbocycles. The summed E-state index contributed by atoms with van der Waals surface area (Å²) in [5.41, 5.74) is 3.69. The highest BCUT2D eigenvalue weighted by molar-refractivity contribution is 5.96. The Hall–Kier alpha value is -3.72. The highest BCUT2D eigenvalue weighted by atomic mass is 19.4. The van der Waals surface area contributed by atoms with E-state index in [4.69, 9.17) is 5.11 Å². The number of hydrogen-bond donors (Lipinski definition) is 3. The zero-order valence-corrected chi connectivity index (χ0v) is 16.4. The minimum Gasteiger partial charge on any atom is -0.382 e. The van der Waals surface area contributed by atoms with Gasteiger partial charge in [-0.3, -0.25) is 4.79 Å². The minimum atomic E-state index is -4.81. The quantitative estimate of drug-likeness (QED) is 0.392. The van der Waals surface area contributed by atoms with Gasteiger partial charge < -0.3 is 15.4 Å². The molecular weight excluding hydrogens is 426 g/mol. The van der Waals surface area contributed by atoms with Gasteiger partial charge in [0, 0.05) is 28.4 Å². The summed E-state index contributed by atoms with van der Waals surface area (Å²) in [5.74, 6) is -1.06. The minimum absolute atomic E-state index is 0.151. The van der Waals surface area contributed by atoms with E-state index in [1.807, 2.05) is 12.1 Å². The van der Waals surface area contributed by atoms with Crippen LogP contribution in [-0.2, 0) is 0 Å². The van der Waals surface area contributed by atoms with E-state index in [0.717, 1.165) is 16.6 Å². The van der Waals surface area contributed by atoms with E-state index < -0.39 is 24.7 Å². The molecular formula is C23H17F4N3O2. The lowest BCUT2D eigenvalue weighted by atomic mass is 10.0. The summed E-state index contributed by atoms with van der Waals surface area (Å²) in [6.45, 7) is -0.935. The van der Waals surface area contributed by atoms with E-state index in [1.54, 1.807) is 30.5 Å². The van der Waals surface area contributed by atoms with Crippen molar-refractivity contribution in [1.82, 2.24) is 15.3 Å². The van der Waals surface area contributed by atoms with Crippen molar-refractivity contribution in [3.63, 3.8) is 0 Å². The molecule has 1 atom stereocenters. The van der Waals surface area contributed by atoms with Gasteiger partial charge in [-0.2, -0.15) is 13.2 Å². The highest BCUT2D eigenvalue weighted by Gasteiger charge is 2.38. The van der Waals surface area contributed by atoms with E-state index in [9.17, 15) is 22.4 Å². The van der Waals surface area contributed by atoms with Gasteiger partial charge in [-0.05, 0) is 59.7 Å². The van der Waals surface area contributed by atoms with Crippen LogP contribution in [0.1, 0.15) is 10.4 Å². The van der Waals surface area contributed by atoms with Crippen LogP contribution in [0.3, 0.4) is 0 Å². The second-order valence-electron chi connectivity index (χ2n) is 7.20. The molecule has 2 aromatic heterocycles. The molecule has 1 unspecified atom stereocenters. The third-order valence-electron chi connectivity index (χ3n) is 4.92. The third kappa shape index (κ3) is 4.62. The Kier molecular flexibility index (Phi) is 5.67. The smallest absolute Gasteiger partial charge is 0.382 e. The number of halogens is 4. The number of aliphatic hydroxyl groups excluding tert-OH is 1. The number of amides is 1. The number of H-pyrrole nitrogens is 1. The lowest BCUT2D eigenvalue weighted by molar-refractivity contribution is -0.201. The van der Waals surface area contributed by atoms with Crippen LogP contribution in [0.2, 0.25) is 0 Å². The van der Waals surface area contributed by atoms with Gasteiger partial charge in [-0.15, -0.1) is 0 Å². The van der Waals surface area contributed by atoms with Crippen molar-refractivity contribution in [1.29, 1.82) is 0 Å². The Morgan fingerprint density at radius 2 is 1.78 bits per heavy atom. The van der Waals surface area contributed by atoms with E-state index in [1.165, 1.54) is 24.3 Å². The number of carbonyl (C=O) groups is 1. The molecule has 0 fully saturated rings. The van der Waals surface area contributed by atoms with Gasteiger partial charge in [0.05, 0.1) is 6.54 Å². The van der Waals surface area contributed by atoms with Gasteiger partial charge in [-0.25, -0.2) is 9.37 Å². The van der Waals surface area contributed by atoms with Crippen molar-refractivity contribution in [2.75, 3.05) is 6.54 Å². The number of aromatic amines is 1. The Morgan fingerprint density at radius 1 is 1.03 bits per heavy atom. The molecule has 5 nitrogen and oxygen atoms in total. The van der Waals surface area contributed by atoms with Crippen molar-refractivity contribution in [3.8, 4) is 22.4 Å². The number of aliphatic hydroxyl groups is 1.